The van der Waals surface area contributed by atoms with Crippen molar-refractivity contribution in [3.8, 4) is 11.5 Å². The number of ether oxygens (including phenoxy) is 2. The molecule has 0 bridgehead atoms. The number of carbonyl (C=O) groups excluding carboxylic acids is 1. The molecule has 0 fully saturated rings. The number of methoxy groups -OCH3 is 1. The van der Waals surface area contributed by atoms with Crippen molar-refractivity contribution < 1.29 is 14.3 Å². The van der Waals surface area contributed by atoms with Crippen LogP contribution in [0.15, 0.2) is 24.5 Å². The summed E-state index contributed by atoms with van der Waals surface area (Å²) in [6.07, 6.45) is 2.29. The SMILES string of the molecule is COc1ccc(C=O)cc1OCc1ncnn1CC(C)C. The van der Waals surface area contributed by atoms with E-state index in [9.17, 15) is 4.79 Å². The van der Waals surface area contributed by atoms with Crippen LogP contribution in [0.4, 0.5) is 0 Å². The Morgan fingerprint density at radius 1 is 1.33 bits per heavy atom. The summed E-state index contributed by atoms with van der Waals surface area (Å²) in [6, 6.07) is 5.03. The maximum Gasteiger partial charge on any atom is 0.164 e. The molecular formula is C15H19N3O3. The van der Waals surface area contributed by atoms with Crippen LogP contribution >= 0.6 is 0 Å². The Morgan fingerprint density at radius 3 is 2.81 bits per heavy atom. The number of nitrogens with zero attached hydrogens (tertiary/aromatic N) is 3. The molecule has 0 aliphatic carbocycles. The third kappa shape index (κ3) is 3.81. The zero-order valence-corrected chi connectivity index (χ0v) is 12.4. The Morgan fingerprint density at radius 2 is 2.14 bits per heavy atom. The van der Waals surface area contributed by atoms with E-state index in [1.54, 1.807) is 25.3 Å². The molecule has 6 heteroatoms. The summed E-state index contributed by atoms with van der Waals surface area (Å²) < 4.78 is 12.8. The van der Waals surface area contributed by atoms with Crippen LogP contribution < -0.4 is 9.47 Å². The smallest absolute Gasteiger partial charge is 0.164 e. The summed E-state index contributed by atoms with van der Waals surface area (Å²) in [4.78, 5) is 15.0. The van der Waals surface area contributed by atoms with Gasteiger partial charge in [0.1, 0.15) is 19.2 Å². The van der Waals surface area contributed by atoms with Gasteiger partial charge in [0.05, 0.1) is 7.11 Å². The Balaban J connectivity index is 2.12. The van der Waals surface area contributed by atoms with Crippen LogP contribution in [0.25, 0.3) is 0 Å². The highest BCUT2D eigenvalue weighted by molar-refractivity contribution is 5.76. The van der Waals surface area contributed by atoms with Crippen molar-refractivity contribution in [3.63, 3.8) is 0 Å². The van der Waals surface area contributed by atoms with Gasteiger partial charge in [0.2, 0.25) is 0 Å². The van der Waals surface area contributed by atoms with Gasteiger partial charge in [-0.05, 0) is 24.1 Å². The third-order valence-corrected chi connectivity index (χ3v) is 2.91. The summed E-state index contributed by atoms with van der Waals surface area (Å²) >= 11 is 0. The van der Waals surface area contributed by atoms with Crippen LogP contribution in [0.1, 0.15) is 30.0 Å². The normalized spacial score (nSPS) is 10.7. The summed E-state index contributed by atoms with van der Waals surface area (Å²) in [6.45, 7) is 5.28. The molecule has 2 aromatic rings. The molecule has 21 heavy (non-hydrogen) atoms. The zero-order valence-electron chi connectivity index (χ0n) is 12.4. The highest BCUT2D eigenvalue weighted by Gasteiger charge is 2.10. The lowest BCUT2D eigenvalue weighted by Crippen LogP contribution is -2.12. The predicted molar refractivity (Wildman–Crippen MR) is 77.6 cm³/mol. The first kappa shape index (κ1) is 15.0. The van der Waals surface area contributed by atoms with Crippen LogP contribution in [0.5, 0.6) is 11.5 Å². The van der Waals surface area contributed by atoms with Crippen LogP contribution in [0.2, 0.25) is 0 Å². The lowest BCUT2D eigenvalue weighted by atomic mass is 10.2. The van der Waals surface area contributed by atoms with Crippen LogP contribution in [-0.2, 0) is 13.2 Å². The minimum atomic E-state index is 0.269. The van der Waals surface area contributed by atoms with Crippen LogP contribution in [0.3, 0.4) is 0 Å². The Hall–Kier alpha value is -2.37. The van der Waals surface area contributed by atoms with Gasteiger partial charge in [-0.2, -0.15) is 5.10 Å². The Bertz CT molecular complexity index is 608. The Labute approximate surface area is 123 Å². The molecule has 1 aromatic carbocycles. The molecule has 0 saturated carbocycles. The lowest BCUT2D eigenvalue weighted by molar-refractivity contribution is 0.112. The molecule has 1 aromatic heterocycles. The van der Waals surface area contributed by atoms with Gasteiger partial charge in [-0.3, -0.25) is 4.79 Å². The number of aromatic nitrogens is 3. The monoisotopic (exact) mass is 289 g/mol. The van der Waals surface area contributed by atoms with Gasteiger partial charge in [0.15, 0.2) is 17.3 Å². The number of benzene rings is 1. The molecule has 0 amide bonds. The van der Waals surface area contributed by atoms with Gasteiger partial charge in [0, 0.05) is 12.1 Å². The van der Waals surface area contributed by atoms with Gasteiger partial charge in [0.25, 0.3) is 0 Å². The van der Waals surface area contributed by atoms with Gasteiger partial charge >= 0.3 is 0 Å². The van der Waals surface area contributed by atoms with Crippen molar-refractivity contribution in [2.75, 3.05) is 7.11 Å². The second-order valence-electron chi connectivity index (χ2n) is 5.07. The first-order valence-corrected chi connectivity index (χ1v) is 6.76. The maximum atomic E-state index is 10.8. The molecule has 0 saturated heterocycles. The number of rotatable bonds is 7. The average molecular weight is 289 g/mol. The molecule has 0 unspecified atom stereocenters. The van der Waals surface area contributed by atoms with Gasteiger partial charge in [-0.15, -0.1) is 0 Å². The fourth-order valence-corrected chi connectivity index (χ4v) is 1.92. The molecule has 0 radical (unpaired) electrons. The zero-order chi connectivity index (χ0) is 15.2. The molecular weight excluding hydrogens is 270 g/mol. The van der Waals surface area contributed by atoms with Gasteiger partial charge < -0.3 is 9.47 Å². The van der Waals surface area contributed by atoms with Crippen LogP contribution in [0, 0.1) is 5.92 Å². The van der Waals surface area contributed by atoms with E-state index < -0.39 is 0 Å². The second kappa shape index (κ2) is 6.88. The number of carbonyl (C=O) groups is 1. The van der Waals surface area contributed by atoms with E-state index in [0.29, 0.717) is 23.0 Å². The fourth-order valence-electron chi connectivity index (χ4n) is 1.92. The van der Waals surface area contributed by atoms with E-state index >= 15 is 0 Å². The number of hydrogen-bond acceptors (Lipinski definition) is 5. The largest absolute Gasteiger partial charge is 0.493 e. The van der Waals surface area contributed by atoms with E-state index in [-0.39, 0.29) is 6.61 Å². The quantitative estimate of drug-likeness (QED) is 0.732. The van der Waals surface area contributed by atoms with E-state index in [4.69, 9.17) is 9.47 Å². The molecule has 0 aliphatic rings. The number of aldehydes is 1. The highest BCUT2D eigenvalue weighted by Crippen LogP contribution is 2.28. The molecule has 0 N–H and O–H groups in total. The van der Waals surface area contributed by atoms with Crippen molar-refractivity contribution in [3.05, 3.63) is 35.9 Å². The molecule has 0 atom stereocenters. The van der Waals surface area contributed by atoms with Crippen molar-refractivity contribution in [2.45, 2.75) is 27.0 Å². The second-order valence-corrected chi connectivity index (χ2v) is 5.07. The van der Waals surface area contributed by atoms with Crippen LogP contribution in [-0.4, -0.2) is 28.2 Å². The maximum absolute atomic E-state index is 10.8. The van der Waals surface area contributed by atoms with Gasteiger partial charge in [-0.25, -0.2) is 9.67 Å². The van der Waals surface area contributed by atoms with Crippen molar-refractivity contribution in [1.82, 2.24) is 14.8 Å². The van der Waals surface area contributed by atoms with E-state index in [1.807, 2.05) is 4.68 Å². The molecule has 0 spiro atoms. The minimum absolute atomic E-state index is 0.269. The van der Waals surface area contributed by atoms with Crippen molar-refractivity contribution in [2.24, 2.45) is 5.92 Å². The molecule has 0 aliphatic heterocycles. The van der Waals surface area contributed by atoms with Gasteiger partial charge in [-0.1, -0.05) is 13.8 Å². The molecule has 2 rings (SSSR count). The summed E-state index contributed by atoms with van der Waals surface area (Å²) in [5.74, 6) is 2.30. The van der Waals surface area contributed by atoms with Crippen molar-refractivity contribution in [1.29, 1.82) is 0 Å². The van der Waals surface area contributed by atoms with E-state index in [0.717, 1.165) is 18.7 Å². The average Bonchev–Trinajstić information content (AvgIpc) is 2.91. The standard InChI is InChI=1S/C15H19N3O3/c1-11(2)7-18-15(16-10-17-18)9-21-14-6-12(8-19)4-5-13(14)20-3/h4-6,8,10-11H,7,9H2,1-3H3. The molecule has 112 valence electrons. The highest BCUT2D eigenvalue weighted by atomic mass is 16.5. The third-order valence-electron chi connectivity index (χ3n) is 2.91. The lowest BCUT2D eigenvalue weighted by Gasteiger charge is -2.12. The summed E-state index contributed by atoms with van der Waals surface area (Å²) in [5.41, 5.74) is 0.537. The summed E-state index contributed by atoms with van der Waals surface area (Å²) in [7, 11) is 1.56. The predicted octanol–water partition coefficient (Wildman–Crippen LogP) is 2.33. The first-order valence-electron chi connectivity index (χ1n) is 6.76. The topological polar surface area (TPSA) is 66.2 Å². The van der Waals surface area contributed by atoms with E-state index in [2.05, 4.69) is 23.9 Å². The number of hydrogen-bond donors (Lipinski definition) is 0. The minimum Gasteiger partial charge on any atom is -0.493 e. The Kier molecular flexibility index (Phi) is 4.92. The fraction of sp³-hybridized carbons (Fsp3) is 0.400. The first-order chi connectivity index (χ1) is 10.1. The summed E-state index contributed by atoms with van der Waals surface area (Å²) in [5, 5.41) is 4.18. The molecule has 6 nitrogen and oxygen atoms in total. The molecule has 1 heterocycles. The van der Waals surface area contributed by atoms with Crippen molar-refractivity contribution >= 4 is 6.29 Å². The van der Waals surface area contributed by atoms with E-state index in [1.165, 1.54) is 6.33 Å².